The van der Waals surface area contributed by atoms with Crippen molar-refractivity contribution in [2.45, 2.75) is 44.9 Å². The second-order valence-corrected chi connectivity index (χ2v) is 5.10. The summed E-state index contributed by atoms with van der Waals surface area (Å²) in [5.41, 5.74) is 1.14. The summed E-state index contributed by atoms with van der Waals surface area (Å²) in [5, 5.41) is 0. The van der Waals surface area contributed by atoms with Gasteiger partial charge in [-0.3, -0.25) is 0 Å². The number of ether oxygens (including phenoxy) is 3. The summed E-state index contributed by atoms with van der Waals surface area (Å²) in [6.07, 6.45) is 0.745. The fraction of sp³-hybridized carbons (Fsp3) is 0.533. The molecular formula is C15H20O4. The molecule has 1 aromatic carbocycles. The van der Waals surface area contributed by atoms with Crippen LogP contribution in [-0.4, -0.2) is 30.9 Å². The average molecular weight is 264 g/mol. The Morgan fingerprint density at radius 2 is 2.00 bits per heavy atom. The highest BCUT2D eigenvalue weighted by Gasteiger charge is 2.40. The van der Waals surface area contributed by atoms with Crippen molar-refractivity contribution in [2.75, 3.05) is 6.61 Å². The van der Waals surface area contributed by atoms with Gasteiger partial charge in [-0.05, 0) is 19.4 Å². The van der Waals surface area contributed by atoms with Crippen LogP contribution in [0.3, 0.4) is 0 Å². The molecule has 1 aliphatic heterocycles. The Morgan fingerprint density at radius 1 is 1.26 bits per heavy atom. The van der Waals surface area contributed by atoms with Gasteiger partial charge in [0.25, 0.3) is 0 Å². The first kappa shape index (κ1) is 14.2. The second-order valence-electron chi connectivity index (χ2n) is 5.10. The highest BCUT2D eigenvalue weighted by atomic mass is 16.8. The largest absolute Gasteiger partial charge is 0.377 e. The van der Waals surface area contributed by atoms with Crippen LogP contribution >= 0.6 is 0 Å². The van der Waals surface area contributed by atoms with E-state index in [-0.39, 0.29) is 6.10 Å². The van der Waals surface area contributed by atoms with E-state index in [1.807, 2.05) is 44.2 Å². The topological polar surface area (TPSA) is 44.8 Å². The van der Waals surface area contributed by atoms with Crippen LogP contribution in [0.1, 0.15) is 25.8 Å². The maximum absolute atomic E-state index is 10.9. The summed E-state index contributed by atoms with van der Waals surface area (Å²) in [5.74, 6) is -0.685. The van der Waals surface area contributed by atoms with Crippen molar-refractivity contribution in [2.24, 2.45) is 0 Å². The number of carbonyl (C=O) groups excluding carboxylic acids is 1. The van der Waals surface area contributed by atoms with E-state index in [0.29, 0.717) is 19.6 Å². The molecule has 19 heavy (non-hydrogen) atoms. The number of carbonyl (C=O) groups is 1. The lowest BCUT2D eigenvalue weighted by atomic mass is 10.2. The Morgan fingerprint density at radius 3 is 2.68 bits per heavy atom. The number of rotatable bonds is 6. The van der Waals surface area contributed by atoms with Crippen LogP contribution in [0.2, 0.25) is 0 Å². The number of benzene rings is 1. The van der Waals surface area contributed by atoms with E-state index in [2.05, 4.69) is 0 Å². The molecule has 0 amide bonds. The summed E-state index contributed by atoms with van der Waals surface area (Å²) >= 11 is 0. The van der Waals surface area contributed by atoms with Crippen LogP contribution in [0.4, 0.5) is 0 Å². The van der Waals surface area contributed by atoms with Gasteiger partial charge >= 0.3 is 0 Å². The number of aldehydes is 1. The highest BCUT2D eigenvalue weighted by molar-refractivity contribution is 5.57. The Labute approximate surface area is 113 Å². The van der Waals surface area contributed by atoms with Gasteiger partial charge in [0.2, 0.25) is 0 Å². The summed E-state index contributed by atoms with van der Waals surface area (Å²) < 4.78 is 16.7. The first-order chi connectivity index (χ1) is 9.11. The molecule has 0 bridgehead atoms. The number of hydrogen-bond acceptors (Lipinski definition) is 4. The minimum atomic E-state index is -0.685. The summed E-state index contributed by atoms with van der Waals surface area (Å²) in [7, 11) is 0. The van der Waals surface area contributed by atoms with Crippen molar-refractivity contribution in [1.29, 1.82) is 0 Å². The summed E-state index contributed by atoms with van der Waals surface area (Å²) in [6.45, 7) is 4.75. The maximum atomic E-state index is 10.9. The molecule has 0 saturated carbocycles. The van der Waals surface area contributed by atoms with Crippen molar-refractivity contribution in [3.8, 4) is 0 Å². The van der Waals surface area contributed by atoms with E-state index in [4.69, 9.17) is 14.2 Å². The van der Waals surface area contributed by atoms with Gasteiger partial charge in [-0.1, -0.05) is 30.3 Å². The Kier molecular flexibility index (Phi) is 4.69. The van der Waals surface area contributed by atoms with Crippen LogP contribution < -0.4 is 0 Å². The fourth-order valence-electron chi connectivity index (χ4n) is 2.17. The Balaban J connectivity index is 1.72. The van der Waals surface area contributed by atoms with Gasteiger partial charge in [0, 0.05) is 13.0 Å². The van der Waals surface area contributed by atoms with Gasteiger partial charge in [0.05, 0.1) is 12.7 Å². The molecule has 0 spiro atoms. The van der Waals surface area contributed by atoms with E-state index >= 15 is 0 Å². The second kappa shape index (κ2) is 6.28. The molecule has 0 aliphatic carbocycles. The van der Waals surface area contributed by atoms with Gasteiger partial charge in [0.15, 0.2) is 12.1 Å². The van der Waals surface area contributed by atoms with Gasteiger partial charge in [-0.15, -0.1) is 0 Å². The van der Waals surface area contributed by atoms with Crippen LogP contribution in [0.25, 0.3) is 0 Å². The van der Waals surface area contributed by atoms with E-state index < -0.39 is 11.9 Å². The van der Waals surface area contributed by atoms with Crippen LogP contribution in [0, 0.1) is 0 Å². The molecule has 1 heterocycles. The molecule has 0 unspecified atom stereocenters. The van der Waals surface area contributed by atoms with Gasteiger partial charge in [-0.2, -0.15) is 0 Å². The van der Waals surface area contributed by atoms with Gasteiger partial charge in [0.1, 0.15) is 6.10 Å². The Bertz CT molecular complexity index is 402. The third-order valence-corrected chi connectivity index (χ3v) is 3.01. The highest BCUT2D eigenvalue weighted by Crippen LogP contribution is 2.28. The van der Waals surface area contributed by atoms with Crippen molar-refractivity contribution in [1.82, 2.24) is 0 Å². The van der Waals surface area contributed by atoms with Crippen LogP contribution in [-0.2, 0) is 25.6 Å². The van der Waals surface area contributed by atoms with Gasteiger partial charge in [-0.25, -0.2) is 0 Å². The van der Waals surface area contributed by atoms with Crippen LogP contribution in [0.15, 0.2) is 30.3 Å². The lowest BCUT2D eigenvalue weighted by Gasteiger charge is -2.16. The minimum Gasteiger partial charge on any atom is -0.377 e. The third kappa shape index (κ3) is 4.13. The molecule has 1 saturated heterocycles. The first-order valence-electron chi connectivity index (χ1n) is 6.53. The third-order valence-electron chi connectivity index (χ3n) is 3.01. The zero-order valence-electron chi connectivity index (χ0n) is 11.4. The van der Waals surface area contributed by atoms with E-state index in [1.165, 1.54) is 0 Å². The van der Waals surface area contributed by atoms with Crippen molar-refractivity contribution < 1.29 is 19.0 Å². The lowest BCUT2D eigenvalue weighted by Crippen LogP contribution is -2.25. The van der Waals surface area contributed by atoms with Crippen LogP contribution in [0.5, 0.6) is 0 Å². The smallest absolute Gasteiger partial charge is 0.164 e. The molecular weight excluding hydrogens is 244 g/mol. The zero-order valence-corrected chi connectivity index (χ0v) is 11.4. The van der Waals surface area contributed by atoms with Crippen molar-refractivity contribution >= 4 is 6.29 Å². The molecule has 0 N–H and O–H groups in total. The molecule has 1 aromatic rings. The molecule has 104 valence electrons. The molecule has 1 fully saturated rings. The molecule has 4 heteroatoms. The monoisotopic (exact) mass is 264 g/mol. The summed E-state index contributed by atoms with van der Waals surface area (Å²) in [4.78, 5) is 10.9. The van der Waals surface area contributed by atoms with Gasteiger partial charge < -0.3 is 19.0 Å². The Hall–Kier alpha value is -1.23. The maximum Gasteiger partial charge on any atom is 0.164 e. The standard InChI is InChI=1S/C15H20O4/c1-15(2)18-13(14(10-16)19-15)8-9-17-11-12-6-4-3-5-7-12/h3-7,10,13-14H,8-9,11H2,1-2H3/t13-,14-/m0/s1. The average Bonchev–Trinajstić information content (AvgIpc) is 2.70. The normalized spacial score (nSPS) is 25.4. The quantitative estimate of drug-likeness (QED) is 0.584. The lowest BCUT2D eigenvalue weighted by molar-refractivity contribution is -0.151. The molecule has 0 aromatic heterocycles. The first-order valence-corrected chi connectivity index (χ1v) is 6.53. The van der Waals surface area contributed by atoms with E-state index in [1.54, 1.807) is 0 Å². The predicted octanol–water partition coefficient (Wildman–Crippen LogP) is 2.31. The molecule has 2 rings (SSSR count). The summed E-state index contributed by atoms with van der Waals surface area (Å²) in [6, 6.07) is 9.98. The zero-order chi connectivity index (χ0) is 13.7. The van der Waals surface area contributed by atoms with Crippen molar-refractivity contribution in [3.63, 3.8) is 0 Å². The molecule has 0 radical (unpaired) electrons. The van der Waals surface area contributed by atoms with E-state index in [0.717, 1.165) is 11.8 Å². The molecule has 4 nitrogen and oxygen atoms in total. The molecule has 2 atom stereocenters. The SMILES string of the molecule is CC1(C)O[C@@H](C=O)[C@H](CCOCc2ccccc2)O1. The minimum absolute atomic E-state index is 0.219. The molecule has 1 aliphatic rings. The fourth-order valence-corrected chi connectivity index (χ4v) is 2.17. The van der Waals surface area contributed by atoms with Crippen molar-refractivity contribution in [3.05, 3.63) is 35.9 Å². The predicted molar refractivity (Wildman–Crippen MR) is 70.6 cm³/mol. The number of hydrogen-bond donors (Lipinski definition) is 0. The van der Waals surface area contributed by atoms with E-state index in [9.17, 15) is 4.79 Å².